The van der Waals surface area contributed by atoms with Crippen molar-refractivity contribution in [2.24, 2.45) is 0 Å². The van der Waals surface area contributed by atoms with Crippen LogP contribution in [0, 0.1) is 17.0 Å². The van der Waals surface area contributed by atoms with Gasteiger partial charge in [-0.2, -0.15) is 0 Å². The molecule has 0 radical (unpaired) electrons. The minimum atomic E-state index is -0.530. The summed E-state index contributed by atoms with van der Waals surface area (Å²) >= 11 is 7.88. The predicted octanol–water partition coefficient (Wildman–Crippen LogP) is 4.12. The van der Waals surface area contributed by atoms with Crippen molar-refractivity contribution in [1.29, 1.82) is 0 Å². The standard InChI is InChI=1S/C22H24ClN5O3S/c1-15-25-21(28(30)31)14-26(15)10-7-22(29)24-12-19(16-2-4-18(23)5-3-16)27-9-6-20-17(13-27)8-11-32-20/h2-5,8,11,14,19H,6-7,9-10,12-13H2,1H3,(H,24,29). The van der Waals surface area contributed by atoms with Gasteiger partial charge in [-0.25, -0.2) is 0 Å². The van der Waals surface area contributed by atoms with Crippen LogP contribution in [0.5, 0.6) is 0 Å². The highest BCUT2D eigenvalue weighted by Crippen LogP contribution is 2.30. The Bertz CT molecular complexity index is 1110. The molecule has 0 saturated heterocycles. The van der Waals surface area contributed by atoms with Gasteiger partial charge in [-0.05, 0) is 51.0 Å². The molecule has 1 atom stereocenters. The van der Waals surface area contributed by atoms with E-state index in [4.69, 9.17) is 11.6 Å². The number of carbonyl (C=O) groups excluding carboxylic acids is 1. The Hall–Kier alpha value is -2.75. The summed E-state index contributed by atoms with van der Waals surface area (Å²) in [6, 6.07) is 9.98. The molecule has 1 aromatic carbocycles. The number of nitro groups is 1. The molecule has 2 aromatic heterocycles. The molecule has 0 spiro atoms. The molecular formula is C22H24ClN5O3S. The smallest absolute Gasteiger partial charge is 0.358 e. The summed E-state index contributed by atoms with van der Waals surface area (Å²) < 4.78 is 1.64. The SMILES string of the molecule is Cc1nc([N+](=O)[O-])cn1CCC(=O)NCC(c1ccc(Cl)cc1)N1CCc2sccc2C1. The molecule has 0 bridgehead atoms. The first-order valence-corrected chi connectivity index (χ1v) is 11.7. The van der Waals surface area contributed by atoms with Crippen LogP contribution in [0.25, 0.3) is 0 Å². The second-order valence-corrected chi connectivity index (χ2v) is 9.24. The number of nitrogens with one attached hydrogen (secondary N) is 1. The third-order valence-electron chi connectivity index (χ3n) is 5.76. The minimum Gasteiger partial charge on any atom is -0.358 e. The monoisotopic (exact) mass is 473 g/mol. The topological polar surface area (TPSA) is 93.3 Å². The lowest BCUT2D eigenvalue weighted by Gasteiger charge is -2.35. The van der Waals surface area contributed by atoms with Gasteiger partial charge in [-0.1, -0.05) is 23.7 Å². The second kappa shape index (κ2) is 9.81. The van der Waals surface area contributed by atoms with Gasteiger partial charge in [-0.3, -0.25) is 9.69 Å². The fourth-order valence-electron chi connectivity index (χ4n) is 4.01. The summed E-state index contributed by atoms with van der Waals surface area (Å²) in [6.07, 6.45) is 2.59. The van der Waals surface area contributed by atoms with E-state index in [0.717, 1.165) is 25.1 Å². The van der Waals surface area contributed by atoms with Crippen molar-refractivity contribution in [2.75, 3.05) is 13.1 Å². The summed E-state index contributed by atoms with van der Waals surface area (Å²) in [4.78, 5) is 30.7. The van der Waals surface area contributed by atoms with Crippen LogP contribution < -0.4 is 5.32 Å². The Morgan fingerprint density at radius 2 is 2.12 bits per heavy atom. The molecule has 1 unspecified atom stereocenters. The number of hydrogen-bond acceptors (Lipinski definition) is 6. The molecule has 0 aliphatic carbocycles. The lowest BCUT2D eigenvalue weighted by Crippen LogP contribution is -2.40. The summed E-state index contributed by atoms with van der Waals surface area (Å²) in [5, 5.41) is 16.8. The fourth-order valence-corrected chi connectivity index (χ4v) is 5.02. The van der Waals surface area contributed by atoms with Crippen LogP contribution in [0.3, 0.4) is 0 Å². The van der Waals surface area contributed by atoms with Crippen LogP contribution in [0.1, 0.15) is 34.3 Å². The van der Waals surface area contributed by atoms with Gasteiger partial charge in [0.2, 0.25) is 11.7 Å². The highest BCUT2D eigenvalue weighted by molar-refractivity contribution is 7.10. The molecule has 0 fully saturated rings. The predicted molar refractivity (Wildman–Crippen MR) is 124 cm³/mol. The lowest BCUT2D eigenvalue weighted by atomic mass is 10.0. The van der Waals surface area contributed by atoms with Crippen molar-refractivity contribution in [3.8, 4) is 0 Å². The third kappa shape index (κ3) is 5.17. The maximum absolute atomic E-state index is 12.6. The quantitative estimate of drug-likeness (QED) is 0.392. The maximum Gasteiger partial charge on any atom is 0.381 e. The Morgan fingerprint density at radius 1 is 1.34 bits per heavy atom. The molecule has 1 N–H and O–H groups in total. The van der Waals surface area contributed by atoms with Crippen LogP contribution in [-0.2, 0) is 24.3 Å². The lowest BCUT2D eigenvalue weighted by molar-refractivity contribution is -0.389. The van der Waals surface area contributed by atoms with E-state index in [1.165, 1.54) is 16.6 Å². The Morgan fingerprint density at radius 3 is 2.84 bits per heavy atom. The Kier molecular flexibility index (Phi) is 6.88. The molecule has 1 aliphatic rings. The van der Waals surface area contributed by atoms with Crippen molar-refractivity contribution in [2.45, 2.75) is 38.9 Å². The zero-order valence-corrected chi connectivity index (χ0v) is 19.2. The average Bonchev–Trinajstić information content (AvgIpc) is 3.39. The molecule has 1 aliphatic heterocycles. The summed E-state index contributed by atoms with van der Waals surface area (Å²) in [7, 11) is 0. The first kappa shape index (κ1) is 22.4. The second-order valence-electron chi connectivity index (χ2n) is 7.81. The van der Waals surface area contributed by atoms with E-state index < -0.39 is 4.92 Å². The van der Waals surface area contributed by atoms with E-state index in [1.807, 2.05) is 24.3 Å². The van der Waals surface area contributed by atoms with Crippen LogP contribution in [0.4, 0.5) is 5.82 Å². The van der Waals surface area contributed by atoms with Gasteiger partial charge >= 0.3 is 5.82 Å². The molecule has 168 valence electrons. The van der Waals surface area contributed by atoms with Gasteiger partial charge in [0.1, 0.15) is 6.20 Å². The average molecular weight is 474 g/mol. The van der Waals surface area contributed by atoms with E-state index >= 15 is 0 Å². The number of amides is 1. The van der Waals surface area contributed by atoms with Crippen molar-refractivity contribution in [3.05, 3.63) is 78.9 Å². The largest absolute Gasteiger partial charge is 0.381 e. The molecule has 3 heterocycles. The summed E-state index contributed by atoms with van der Waals surface area (Å²) in [6.45, 7) is 4.28. The van der Waals surface area contributed by atoms with Gasteiger partial charge in [0.25, 0.3) is 0 Å². The minimum absolute atomic E-state index is 0.0281. The molecule has 1 amide bonds. The zero-order valence-electron chi connectivity index (χ0n) is 17.7. The zero-order chi connectivity index (χ0) is 22.7. The van der Waals surface area contributed by atoms with Crippen molar-refractivity contribution < 1.29 is 9.72 Å². The number of thiophene rings is 1. The molecule has 10 heteroatoms. The number of fused-ring (bicyclic) bond motifs is 1. The molecule has 0 saturated carbocycles. The fraction of sp³-hybridized carbons (Fsp3) is 0.364. The van der Waals surface area contributed by atoms with E-state index in [2.05, 4.69) is 26.6 Å². The van der Waals surface area contributed by atoms with E-state index in [1.54, 1.807) is 22.8 Å². The number of imidazole rings is 1. The number of halogens is 1. The molecule has 8 nitrogen and oxygen atoms in total. The van der Waals surface area contributed by atoms with E-state index in [9.17, 15) is 14.9 Å². The number of benzene rings is 1. The van der Waals surface area contributed by atoms with E-state index in [0.29, 0.717) is 23.9 Å². The van der Waals surface area contributed by atoms with E-state index in [-0.39, 0.29) is 24.2 Å². The number of hydrogen-bond donors (Lipinski definition) is 1. The van der Waals surface area contributed by atoms with Crippen LogP contribution in [0.2, 0.25) is 5.02 Å². The highest BCUT2D eigenvalue weighted by atomic mass is 35.5. The highest BCUT2D eigenvalue weighted by Gasteiger charge is 2.26. The summed E-state index contributed by atoms with van der Waals surface area (Å²) in [5.74, 6) is 0.208. The molecular weight excluding hydrogens is 450 g/mol. The molecule has 3 aromatic rings. The van der Waals surface area contributed by atoms with Gasteiger partial charge in [0.05, 0.1) is 6.04 Å². The van der Waals surface area contributed by atoms with Crippen molar-refractivity contribution >= 4 is 34.7 Å². The van der Waals surface area contributed by atoms with Gasteiger partial charge < -0.3 is 20.0 Å². The Balaban J connectivity index is 1.40. The molecule has 32 heavy (non-hydrogen) atoms. The molecule has 4 rings (SSSR count). The normalized spacial score (nSPS) is 14.7. The first-order chi connectivity index (χ1) is 15.4. The van der Waals surface area contributed by atoms with Crippen molar-refractivity contribution in [1.82, 2.24) is 19.8 Å². The van der Waals surface area contributed by atoms with Crippen LogP contribution >= 0.6 is 22.9 Å². The summed E-state index contributed by atoms with van der Waals surface area (Å²) in [5.41, 5.74) is 2.46. The van der Waals surface area contributed by atoms with Gasteiger partial charge in [-0.15, -0.1) is 11.3 Å². The van der Waals surface area contributed by atoms with Gasteiger partial charge in [0, 0.05) is 49.4 Å². The number of nitrogens with zero attached hydrogens (tertiary/aromatic N) is 4. The number of carbonyl (C=O) groups is 1. The first-order valence-electron chi connectivity index (χ1n) is 10.4. The number of aryl methyl sites for hydroxylation is 2. The number of aromatic nitrogens is 2. The number of rotatable bonds is 8. The van der Waals surface area contributed by atoms with Gasteiger partial charge in [0.15, 0.2) is 0 Å². The van der Waals surface area contributed by atoms with Crippen LogP contribution in [-0.4, -0.2) is 38.4 Å². The Labute approximate surface area is 195 Å². The maximum atomic E-state index is 12.6. The van der Waals surface area contributed by atoms with Crippen LogP contribution in [0.15, 0.2) is 41.9 Å². The van der Waals surface area contributed by atoms with Crippen molar-refractivity contribution in [3.63, 3.8) is 0 Å². The third-order valence-corrected chi connectivity index (χ3v) is 7.03.